The van der Waals surface area contributed by atoms with Gasteiger partial charge < -0.3 is 15.4 Å². The summed E-state index contributed by atoms with van der Waals surface area (Å²) in [4.78, 5) is 11.6. The summed E-state index contributed by atoms with van der Waals surface area (Å²) >= 11 is 0. The fourth-order valence-corrected chi connectivity index (χ4v) is 1.81. The molecule has 0 bridgehead atoms. The summed E-state index contributed by atoms with van der Waals surface area (Å²) in [5, 5.41) is 6.11. The van der Waals surface area contributed by atoms with Crippen molar-refractivity contribution in [3.05, 3.63) is 54.1 Å². The van der Waals surface area contributed by atoms with Crippen molar-refractivity contribution in [3.8, 4) is 0 Å². The summed E-state index contributed by atoms with van der Waals surface area (Å²) in [6, 6.07) is 15.6. The van der Waals surface area contributed by atoms with Gasteiger partial charge in [-0.3, -0.25) is 4.79 Å². The predicted octanol–water partition coefficient (Wildman–Crippen LogP) is 3.32. The van der Waals surface area contributed by atoms with Crippen molar-refractivity contribution < 1.29 is 9.53 Å². The van der Waals surface area contributed by atoms with Gasteiger partial charge in [-0.25, -0.2) is 0 Å². The fraction of sp³-hybridized carbons (Fsp3) is 0.188. The Bertz CT molecular complexity index is 579. The monoisotopic (exact) mass is 270 g/mol. The highest BCUT2D eigenvalue weighted by Gasteiger charge is 2.06. The number of ether oxygens (including phenoxy) is 1. The first-order valence-corrected chi connectivity index (χ1v) is 6.40. The SMILES string of the molecule is COCC(=O)Nc1ccccc1Nc1ccc(C)cc1. The van der Waals surface area contributed by atoms with Crippen LogP contribution in [0, 0.1) is 6.92 Å². The third kappa shape index (κ3) is 3.83. The first-order chi connectivity index (χ1) is 9.69. The third-order valence-corrected chi connectivity index (χ3v) is 2.81. The second-order valence-corrected chi connectivity index (χ2v) is 4.52. The van der Waals surface area contributed by atoms with Gasteiger partial charge >= 0.3 is 0 Å². The highest BCUT2D eigenvalue weighted by molar-refractivity contribution is 5.95. The van der Waals surface area contributed by atoms with Gasteiger partial charge in [0.2, 0.25) is 5.91 Å². The van der Waals surface area contributed by atoms with Crippen LogP contribution in [0.5, 0.6) is 0 Å². The van der Waals surface area contributed by atoms with Crippen LogP contribution < -0.4 is 10.6 Å². The largest absolute Gasteiger partial charge is 0.375 e. The lowest BCUT2D eigenvalue weighted by Crippen LogP contribution is -2.17. The van der Waals surface area contributed by atoms with Gasteiger partial charge in [-0.2, -0.15) is 0 Å². The molecule has 0 saturated carbocycles. The number of methoxy groups -OCH3 is 1. The van der Waals surface area contributed by atoms with Crippen LogP contribution in [0.1, 0.15) is 5.56 Å². The lowest BCUT2D eigenvalue weighted by molar-refractivity contribution is -0.119. The molecule has 2 aromatic carbocycles. The van der Waals surface area contributed by atoms with Gasteiger partial charge in [-0.05, 0) is 31.2 Å². The second kappa shape index (κ2) is 6.73. The summed E-state index contributed by atoms with van der Waals surface area (Å²) in [6.07, 6.45) is 0. The normalized spacial score (nSPS) is 10.1. The van der Waals surface area contributed by atoms with Crippen LogP contribution in [0.2, 0.25) is 0 Å². The number of benzene rings is 2. The number of aryl methyl sites for hydroxylation is 1. The first kappa shape index (κ1) is 14.1. The minimum Gasteiger partial charge on any atom is -0.375 e. The Labute approximate surface area is 118 Å². The maximum absolute atomic E-state index is 11.6. The molecule has 104 valence electrons. The van der Waals surface area contributed by atoms with Gasteiger partial charge in [0.1, 0.15) is 6.61 Å². The molecule has 0 fully saturated rings. The number of hydrogen-bond donors (Lipinski definition) is 2. The Morgan fingerprint density at radius 3 is 2.35 bits per heavy atom. The zero-order valence-corrected chi connectivity index (χ0v) is 11.6. The highest BCUT2D eigenvalue weighted by atomic mass is 16.5. The molecule has 0 radical (unpaired) electrons. The number of amides is 1. The third-order valence-electron chi connectivity index (χ3n) is 2.81. The Kier molecular flexibility index (Phi) is 4.74. The molecule has 0 unspecified atom stereocenters. The zero-order chi connectivity index (χ0) is 14.4. The average molecular weight is 270 g/mol. The van der Waals surface area contributed by atoms with E-state index in [1.807, 2.05) is 55.5 Å². The van der Waals surface area contributed by atoms with E-state index in [1.54, 1.807) is 0 Å². The van der Waals surface area contributed by atoms with Crippen LogP contribution in [-0.2, 0) is 9.53 Å². The number of rotatable bonds is 5. The molecule has 2 aromatic rings. The number of carbonyl (C=O) groups excluding carboxylic acids is 1. The van der Waals surface area contributed by atoms with E-state index in [0.29, 0.717) is 0 Å². The molecule has 1 amide bonds. The molecule has 0 heterocycles. The Morgan fingerprint density at radius 2 is 1.70 bits per heavy atom. The molecule has 0 aromatic heterocycles. The van der Waals surface area contributed by atoms with E-state index in [-0.39, 0.29) is 12.5 Å². The molecule has 4 nitrogen and oxygen atoms in total. The van der Waals surface area contributed by atoms with E-state index < -0.39 is 0 Å². The Balaban J connectivity index is 2.15. The molecule has 2 rings (SSSR count). The molecule has 0 atom stereocenters. The number of nitrogens with one attached hydrogen (secondary N) is 2. The minimum absolute atomic E-state index is 0.0405. The molecular formula is C16H18N2O2. The Morgan fingerprint density at radius 1 is 1.05 bits per heavy atom. The number of anilines is 3. The number of carbonyl (C=O) groups is 1. The van der Waals surface area contributed by atoms with Crippen molar-refractivity contribution in [1.29, 1.82) is 0 Å². The van der Waals surface area contributed by atoms with Crippen LogP contribution >= 0.6 is 0 Å². The van der Waals surface area contributed by atoms with Gasteiger partial charge in [-0.15, -0.1) is 0 Å². The van der Waals surface area contributed by atoms with Crippen LogP contribution in [0.3, 0.4) is 0 Å². The maximum atomic E-state index is 11.6. The van der Waals surface area contributed by atoms with Crippen molar-refractivity contribution in [2.24, 2.45) is 0 Å². The van der Waals surface area contributed by atoms with E-state index >= 15 is 0 Å². The quantitative estimate of drug-likeness (QED) is 0.876. The van der Waals surface area contributed by atoms with Crippen molar-refractivity contribution in [1.82, 2.24) is 0 Å². The molecule has 2 N–H and O–H groups in total. The molecule has 0 saturated heterocycles. The lowest BCUT2D eigenvalue weighted by atomic mass is 10.2. The summed E-state index contributed by atoms with van der Waals surface area (Å²) in [5.74, 6) is -0.175. The number of para-hydroxylation sites is 2. The van der Waals surface area contributed by atoms with Crippen LogP contribution in [0.15, 0.2) is 48.5 Å². The van der Waals surface area contributed by atoms with E-state index in [1.165, 1.54) is 12.7 Å². The molecule has 0 spiro atoms. The second-order valence-electron chi connectivity index (χ2n) is 4.52. The first-order valence-electron chi connectivity index (χ1n) is 6.40. The van der Waals surface area contributed by atoms with Crippen LogP contribution in [0.4, 0.5) is 17.1 Å². The summed E-state index contributed by atoms with van der Waals surface area (Å²) in [5.41, 5.74) is 3.76. The van der Waals surface area contributed by atoms with Gasteiger partial charge in [0.25, 0.3) is 0 Å². The van der Waals surface area contributed by atoms with Crippen LogP contribution in [-0.4, -0.2) is 19.6 Å². The minimum atomic E-state index is -0.175. The summed E-state index contributed by atoms with van der Waals surface area (Å²) in [7, 11) is 1.50. The van der Waals surface area contributed by atoms with E-state index in [2.05, 4.69) is 10.6 Å². The van der Waals surface area contributed by atoms with Crippen LogP contribution in [0.25, 0.3) is 0 Å². The molecule has 0 aliphatic heterocycles. The lowest BCUT2D eigenvalue weighted by Gasteiger charge is -2.13. The van der Waals surface area contributed by atoms with Gasteiger partial charge in [-0.1, -0.05) is 29.8 Å². The smallest absolute Gasteiger partial charge is 0.250 e. The highest BCUT2D eigenvalue weighted by Crippen LogP contribution is 2.25. The van der Waals surface area contributed by atoms with E-state index in [4.69, 9.17) is 4.74 Å². The van der Waals surface area contributed by atoms with Gasteiger partial charge in [0.05, 0.1) is 11.4 Å². The topological polar surface area (TPSA) is 50.4 Å². The summed E-state index contributed by atoms with van der Waals surface area (Å²) in [6.45, 7) is 2.08. The predicted molar refractivity (Wildman–Crippen MR) is 81.4 cm³/mol. The Hall–Kier alpha value is -2.33. The maximum Gasteiger partial charge on any atom is 0.250 e. The molecular weight excluding hydrogens is 252 g/mol. The van der Waals surface area contributed by atoms with Gasteiger partial charge in [0.15, 0.2) is 0 Å². The molecule has 0 aliphatic rings. The summed E-state index contributed by atoms with van der Waals surface area (Å²) < 4.78 is 4.81. The molecule has 0 aliphatic carbocycles. The van der Waals surface area contributed by atoms with Crippen molar-refractivity contribution in [2.45, 2.75) is 6.92 Å². The standard InChI is InChI=1S/C16H18N2O2/c1-12-7-9-13(10-8-12)17-14-5-3-4-6-15(14)18-16(19)11-20-2/h3-10,17H,11H2,1-2H3,(H,18,19). The number of hydrogen-bond acceptors (Lipinski definition) is 3. The average Bonchev–Trinajstić information content (AvgIpc) is 2.44. The molecule has 20 heavy (non-hydrogen) atoms. The van der Waals surface area contributed by atoms with E-state index in [0.717, 1.165) is 17.1 Å². The molecule has 4 heteroatoms. The van der Waals surface area contributed by atoms with Crippen molar-refractivity contribution in [3.63, 3.8) is 0 Å². The van der Waals surface area contributed by atoms with Crippen molar-refractivity contribution >= 4 is 23.0 Å². The van der Waals surface area contributed by atoms with Gasteiger partial charge in [0, 0.05) is 12.8 Å². The van der Waals surface area contributed by atoms with E-state index in [9.17, 15) is 4.79 Å². The van der Waals surface area contributed by atoms with Crippen molar-refractivity contribution in [2.75, 3.05) is 24.4 Å². The fourth-order valence-electron chi connectivity index (χ4n) is 1.81. The zero-order valence-electron chi connectivity index (χ0n) is 11.6.